The molecule has 1 aliphatic rings. The van der Waals surface area contributed by atoms with Crippen molar-refractivity contribution in [3.8, 4) is 5.75 Å². The Bertz CT molecular complexity index is 746. The van der Waals surface area contributed by atoms with E-state index in [1.54, 1.807) is 25.3 Å². The van der Waals surface area contributed by atoms with Crippen molar-refractivity contribution in [3.63, 3.8) is 0 Å². The molecule has 1 aliphatic carbocycles. The first-order chi connectivity index (χ1) is 12.6. The number of carbonyl (C=O) groups excluding carboxylic acids is 1. The third-order valence-corrected chi connectivity index (χ3v) is 5.85. The van der Waals surface area contributed by atoms with Gasteiger partial charge in [-0.05, 0) is 55.5 Å². The number of carbonyl (C=O) groups is 1. The molecule has 0 aliphatic heterocycles. The summed E-state index contributed by atoms with van der Waals surface area (Å²) in [6, 6.07) is 14.6. The number of ether oxygens (including phenoxy) is 1. The predicted molar refractivity (Wildman–Crippen MR) is 103 cm³/mol. The lowest BCUT2D eigenvalue weighted by Crippen LogP contribution is -2.40. The highest BCUT2D eigenvalue weighted by Crippen LogP contribution is 2.36. The summed E-state index contributed by atoms with van der Waals surface area (Å²) in [5.41, 5.74) is 1.07. The second-order valence-electron chi connectivity index (χ2n) is 6.67. The highest BCUT2D eigenvalue weighted by Gasteiger charge is 2.34. The summed E-state index contributed by atoms with van der Waals surface area (Å²) in [6.07, 6.45) is 2.35. The maximum atomic E-state index is 13.8. The largest absolute Gasteiger partial charge is 0.497 e. The maximum absolute atomic E-state index is 13.8. The van der Waals surface area contributed by atoms with Crippen LogP contribution in [0.15, 0.2) is 53.4 Å². The smallest absolute Gasteiger partial charge is 0.233 e. The number of nitrogens with zero attached hydrogens (tertiary/aromatic N) is 1. The Labute approximate surface area is 158 Å². The van der Waals surface area contributed by atoms with E-state index in [0.29, 0.717) is 17.4 Å². The maximum Gasteiger partial charge on any atom is 0.233 e. The lowest BCUT2D eigenvalue weighted by atomic mass is 10.1. The lowest BCUT2D eigenvalue weighted by Gasteiger charge is -2.29. The van der Waals surface area contributed by atoms with Crippen molar-refractivity contribution < 1.29 is 13.9 Å². The molecule has 1 saturated carbocycles. The van der Waals surface area contributed by atoms with Gasteiger partial charge in [0.15, 0.2) is 0 Å². The summed E-state index contributed by atoms with van der Waals surface area (Å²) in [7, 11) is 1.64. The molecule has 0 N–H and O–H groups in total. The van der Waals surface area contributed by atoms with Gasteiger partial charge >= 0.3 is 0 Å². The average molecular weight is 373 g/mol. The number of hydrogen-bond donors (Lipinski definition) is 0. The first kappa shape index (κ1) is 18.8. The topological polar surface area (TPSA) is 29.5 Å². The van der Waals surface area contributed by atoms with Gasteiger partial charge in [-0.3, -0.25) is 4.79 Å². The normalized spacial score (nSPS) is 14.7. The van der Waals surface area contributed by atoms with Crippen LogP contribution in [-0.4, -0.2) is 29.7 Å². The third kappa shape index (κ3) is 4.79. The highest BCUT2D eigenvalue weighted by atomic mass is 32.2. The monoisotopic (exact) mass is 373 g/mol. The Hall–Kier alpha value is -2.01. The number of amides is 1. The van der Waals surface area contributed by atoms with E-state index < -0.39 is 0 Å². The number of halogens is 1. The molecule has 0 bridgehead atoms. The Balaban J connectivity index is 1.68. The molecule has 2 aromatic rings. The first-order valence-electron chi connectivity index (χ1n) is 8.88. The molecular formula is C21H24FNO2S. The summed E-state index contributed by atoms with van der Waals surface area (Å²) < 4.78 is 19.0. The molecule has 0 spiro atoms. The minimum absolute atomic E-state index is 0.0495. The second-order valence-corrected chi connectivity index (χ2v) is 7.68. The molecular weight excluding hydrogens is 349 g/mol. The molecule has 1 unspecified atom stereocenters. The summed E-state index contributed by atoms with van der Waals surface area (Å²) in [4.78, 5) is 15.3. The van der Waals surface area contributed by atoms with E-state index in [1.165, 1.54) is 30.7 Å². The van der Waals surface area contributed by atoms with Crippen LogP contribution in [0.25, 0.3) is 0 Å². The lowest BCUT2D eigenvalue weighted by molar-refractivity contribution is -0.131. The van der Waals surface area contributed by atoms with Gasteiger partial charge in [0, 0.05) is 17.5 Å². The fourth-order valence-corrected chi connectivity index (χ4v) is 3.83. The molecule has 5 heteroatoms. The van der Waals surface area contributed by atoms with Crippen molar-refractivity contribution in [1.82, 2.24) is 4.90 Å². The van der Waals surface area contributed by atoms with Crippen LogP contribution in [0.3, 0.4) is 0 Å². The minimum Gasteiger partial charge on any atom is -0.497 e. The Morgan fingerprint density at radius 1 is 1.23 bits per heavy atom. The predicted octanol–water partition coefficient (Wildman–Crippen LogP) is 4.75. The Kier molecular flexibility index (Phi) is 6.20. The fourth-order valence-electron chi connectivity index (χ4n) is 3.00. The van der Waals surface area contributed by atoms with Gasteiger partial charge in [0.2, 0.25) is 5.91 Å². The van der Waals surface area contributed by atoms with E-state index in [0.717, 1.165) is 11.3 Å². The second kappa shape index (κ2) is 8.58. The quantitative estimate of drug-likeness (QED) is 0.625. The zero-order valence-corrected chi connectivity index (χ0v) is 16.0. The summed E-state index contributed by atoms with van der Waals surface area (Å²) in [6.45, 7) is 2.69. The molecule has 1 fully saturated rings. The summed E-state index contributed by atoms with van der Waals surface area (Å²) >= 11 is 1.26. The average Bonchev–Trinajstić information content (AvgIpc) is 3.50. The first-order valence-corrected chi connectivity index (χ1v) is 9.86. The van der Waals surface area contributed by atoms with Gasteiger partial charge < -0.3 is 9.64 Å². The van der Waals surface area contributed by atoms with Crippen molar-refractivity contribution in [1.29, 1.82) is 0 Å². The van der Waals surface area contributed by atoms with E-state index in [-0.39, 0.29) is 23.5 Å². The number of benzene rings is 2. The SMILES string of the molecule is COc1ccc(CN(C(=O)CSc2ccccc2F)C(C)C2CC2)cc1. The van der Waals surface area contributed by atoms with Crippen molar-refractivity contribution in [2.24, 2.45) is 5.92 Å². The van der Waals surface area contributed by atoms with Gasteiger partial charge in [0.05, 0.1) is 12.9 Å². The highest BCUT2D eigenvalue weighted by molar-refractivity contribution is 8.00. The molecule has 1 amide bonds. The van der Waals surface area contributed by atoms with Gasteiger partial charge in [-0.25, -0.2) is 4.39 Å². The number of thioether (sulfide) groups is 1. The van der Waals surface area contributed by atoms with Crippen LogP contribution in [0.5, 0.6) is 5.75 Å². The van der Waals surface area contributed by atoms with Gasteiger partial charge in [-0.2, -0.15) is 0 Å². The van der Waals surface area contributed by atoms with Crippen LogP contribution in [0, 0.1) is 11.7 Å². The van der Waals surface area contributed by atoms with Crippen molar-refractivity contribution in [2.45, 2.75) is 37.2 Å². The third-order valence-electron chi connectivity index (χ3n) is 4.82. The minimum atomic E-state index is -0.276. The number of methoxy groups -OCH3 is 1. The fraction of sp³-hybridized carbons (Fsp3) is 0.381. The van der Waals surface area contributed by atoms with E-state index in [9.17, 15) is 9.18 Å². The summed E-state index contributed by atoms with van der Waals surface area (Å²) in [5.74, 6) is 1.40. The van der Waals surface area contributed by atoms with E-state index in [2.05, 4.69) is 6.92 Å². The zero-order valence-electron chi connectivity index (χ0n) is 15.2. The van der Waals surface area contributed by atoms with Gasteiger partial charge in [-0.1, -0.05) is 24.3 Å². The van der Waals surface area contributed by atoms with E-state index in [4.69, 9.17) is 4.74 Å². The Morgan fingerprint density at radius 3 is 2.54 bits per heavy atom. The molecule has 138 valence electrons. The van der Waals surface area contributed by atoms with Crippen molar-refractivity contribution in [2.75, 3.05) is 12.9 Å². The van der Waals surface area contributed by atoms with Crippen LogP contribution in [0.1, 0.15) is 25.3 Å². The van der Waals surface area contributed by atoms with E-state index >= 15 is 0 Å². The molecule has 0 radical (unpaired) electrons. The van der Waals surface area contributed by atoms with Crippen LogP contribution in [-0.2, 0) is 11.3 Å². The molecule has 3 nitrogen and oxygen atoms in total. The Morgan fingerprint density at radius 2 is 1.92 bits per heavy atom. The number of hydrogen-bond acceptors (Lipinski definition) is 3. The van der Waals surface area contributed by atoms with Gasteiger partial charge in [-0.15, -0.1) is 11.8 Å². The molecule has 26 heavy (non-hydrogen) atoms. The zero-order chi connectivity index (χ0) is 18.5. The summed E-state index contributed by atoms with van der Waals surface area (Å²) in [5, 5.41) is 0. The van der Waals surface area contributed by atoms with Crippen LogP contribution < -0.4 is 4.74 Å². The molecule has 0 aromatic heterocycles. The van der Waals surface area contributed by atoms with Gasteiger partial charge in [0.1, 0.15) is 11.6 Å². The van der Waals surface area contributed by atoms with Crippen molar-refractivity contribution >= 4 is 17.7 Å². The molecule has 0 heterocycles. The standard InChI is InChI=1S/C21H24FNO2S/c1-15(17-9-10-17)23(13-16-7-11-18(25-2)12-8-16)21(24)14-26-20-6-4-3-5-19(20)22/h3-8,11-12,15,17H,9-10,13-14H2,1-2H3. The molecule has 1 atom stereocenters. The van der Waals surface area contributed by atoms with Gasteiger partial charge in [0.25, 0.3) is 0 Å². The molecule has 3 rings (SSSR count). The van der Waals surface area contributed by atoms with Crippen molar-refractivity contribution in [3.05, 3.63) is 59.9 Å². The molecule has 0 saturated heterocycles. The van der Waals surface area contributed by atoms with Crippen LogP contribution in [0.4, 0.5) is 4.39 Å². The van der Waals surface area contributed by atoms with E-state index in [1.807, 2.05) is 29.2 Å². The molecule has 2 aromatic carbocycles. The van der Waals surface area contributed by atoms with Crippen LogP contribution >= 0.6 is 11.8 Å². The number of rotatable bonds is 8. The van der Waals surface area contributed by atoms with Crippen LogP contribution in [0.2, 0.25) is 0 Å².